The summed E-state index contributed by atoms with van der Waals surface area (Å²) in [6, 6.07) is 0. The van der Waals surface area contributed by atoms with Gasteiger partial charge in [0.2, 0.25) is 0 Å². The van der Waals surface area contributed by atoms with E-state index in [1.54, 1.807) is 0 Å². The molecule has 0 fully saturated rings. The fourth-order valence-corrected chi connectivity index (χ4v) is 0. The van der Waals surface area contributed by atoms with Crippen molar-refractivity contribution < 1.29 is 18.0 Å². The van der Waals surface area contributed by atoms with Crippen molar-refractivity contribution in [2.24, 2.45) is 5.73 Å². The minimum absolute atomic E-state index is 2.26. The van der Waals surface area contributed by atoms with Crippen molar-refractivity contribution in [3.05, 3.63) is 0 Å². The number of hydrogen-bond donors (Lipinski definition) is 1. The summed E-state index contributed by atoms with van der Waals surface area (Å²) in [4.78, 5) is 9.12. The zero-order valence-corrected chi connectivity index (χ0v) is 4.27. The molecule has 5 heteroatoms. The van der Waals surface area contributed by atoms with Crippen LogP contribution in [-0.4, -0.2) is 12.1 Å². The summed E-state index contributed by atoms with van der Waals surface area (Å²) in [6.45, 7) is 0. The zero-order valence-electron chi connectivity index (χ0n) is 4.27. The Morgan fingerprint density at radius 3 is 1.44 bits per heavy atom. The summed E-state index contributed by atoms with van der Waals surface area (Å²) in [7, 11) is 0. The second-order valence-electron chi connectivity index (χ2n) is 0.862. The van der Waals surface area contributed by atoms with Crippen LogP contribution in [0.2, 0.25) is 0 Å². The summed E-state index contributed by atoms with van der Waals surface area (Å²) < 4.78 is 32.1. The van der Waals surface area contributed by atoms with Gasteiger partial charge in [-0.1, -0.05) is 0 Å². The van der Waals surface area contributed by atoms with Crippen molar-refractivity contribution in [2.75, 3.05) is 0 Å². The number of terminal acetylenes is 1. The Bertz CT molecular complexity index is 115. The molecule has 0 aromatic carbocycles. The molecule has 0 rings (SSSR count). The third-order valence-electron chi connectivity index (χ3n) is 0.279. The van der Waals surface area contributed by atoms with Gasteiger partial charge < -0.3 is 5.73 Å². The van der Waals surface area contributed by atoms with Crippen molar-refractivity contribution in [1.29, 1.82) is 0 Å². The highest BCUT2D eigenvalue weighted by Gasteiger charge is 2.35. The minimum atomic E-state index is -4.86. The lowest BCUT2D eigenvalue weighted by atomic mass is 10.6. The Balaban J connectivity index is 0. The maximum atomic E-state index is 10.7. The fourth-order valence-electron chi connectivity index (χ4n) is 0. The number of carbonyl (C=O) groups excluding carboxylic acids is 1. The lowest BCUT2D eigenvalue weighted by molar-refractivity contribution is -0.169. The predicted octanol–water partition coefficient (Wildman–Crippen LogP) is 0.283. The van der Waals surface area contributed by atoms with Gasteiger partial charge in [0.15, 0.2) is 0 Å². The zero-order chi connectivity index (χ0) is 8.08. The van der Waals surface area contributed by atoms with Crippen LogP contribution in [0.25, 0.3) is 0 Å². The molecule has 0 spiro atoms. The number of primary amides is 1. The molecular formula is C4H4F3NO. The number of hydrogen-bond acceptors (Lipinski definition) is 1. The van der Waals surface area contributed by atoms with Gasteiger partial charge in [-0.15, -0.1) is 12.8 Å². The van der Waals surface area contributed by atoms with E-state index in [9.17, 15) is 13.2 Å². The molecule has 52 valence electrons. The Labute approximate surface area is 49.8 Å². The van der Waals surface area contributed by atoms with Crippen LogP contribution in [-0.2, 0) is 4.79 Å². The van der Waals surface area contributed by atoms with Crippen LogP contribution in [0.1, 0.15) is 0 Å². The first kappa shape index (κ1) is 10.7. The molecule has 0 bridgehead atoms. The molecule has 1 amide bonds. The van der Waals surface area contributed by atoms with E-state index >= 15 is 0 Å². The molecule has 0 aromatic heterocycles. The number of alkyl halides is 3. The molecule has 0 atom stereocenters. The van der Waals surface area contributed by atoms with Crippen LogP contribution in [0.5, 0.6) is 0 Å². The lowest BCUT2D eigenvalue weighted by Crippen LogP contribution is -2.30. The van der Waals surface area contributed by atoms with E-state index in [-0.39, 0.29) is 0 Å². The molecule has 9 heavy (non-hydrogen) atoms. The van der Waals surface area contributed by atoms with Gasteiger partial charge in [0, 0.05) is 0 Å². The molecule has 2 nitrogen and oxygen atoms in total. The van der Waals surface area contributed by atoms with Gasteiger partial charge in [0.1, 0.15) is 0 Å². The summed E-state index contributed by atoms with van der Waals surface area (Å²) >= 11 is 0. The molecule has 0 aliphatic rings. The maximum Gasteiger partial charge on any atom is 0.470 e. The lowest BCUT2D eigenvalue weighted by Gasteiger charge is -1.95. The Hall–Kier alpha value is -1.18. The largest absolute Gasteiger partial charge is 0.470 e. The first-order valence-corrected chi connectivity index (χ1v) is 1.64. The smallest absolute Gasteiger partial charge is 0.362 e. The highest BCUT2D eigenvalue weighted by molar-refractivity contribution is 5.79. The average molecular weight is 139 g/mol. The van der Waals surface area contributed by atoms with Crippen LogP contribution < -0.4 is 5.73 Å². The maximum absolute atomic E-state index is 10.7. The number of amides is 1. The number of carbonyl (C=O) groups is 1. The molecule has 2 N–H and O–H groups in total. The quantitative estimate of drug-likeness (QED) is 0.481. The van der Waals surface area contributed by atoms with Crippen molar-refractivity contribution in [1.82, 2.24) is 0 Å². The van der Waals surface area contributed by atoms with E-state index in [4.69, 9.17) is 4.79 Å². The van der Waals surface area contributed by atoms with Gasteiger partial charge >= 0.3 is 12.1 Å². The number of halogens is 3. The SMILES string of the molecule is C#C.NC(=O)C(F)(F)F. The van der Waals surface area contributed by atoms with Gasteiger partial charge in [-0.05, 0) is 0 Å². The normalized spacial score (nSPS) is 9.00. The number of rotatable bonds is 0. The molecule has 0 unspecified atom stereocenters. The number of nitrogens with two attached hydrogens (primary N) is 1. The van der Waals surface area contributed by atoms with E-state index in [2.05, 4.69) is 18.6 Å². The molecule has 0 radical (unpaired) electrons. The van der Waals surface area contributed by atoms with E-state index in [1.807, 2.05) is 0 Å². The molecule has 0 heterocycles. The van der Waals surface area contributed by atoms with Gasteiger partial charge in [0.25, 0.3) is 0 Å². The molecule has 0 saturated carbocycles. The summed E-state index contributed by atoms with van der Waals surface area (Å²) in [6.07, 6.45) is 3.14. The molecular weight excluding hydrogens is 135 g/mol. The third-order valence-corrected chi connectivity index (χ3v) is 0.279. The van der Waals surface area contributed by atoms with Crippen LogP contribution in [0.4, 0.5) is 13.2 Å². The molecule has 0 aliphatic heterocycles. The second kappa shape index (κ2) is 3.78. The Morgan fingerprint density at radius 2 is 1.44 bits per heavy atom. The van der Waals surface area contributed by atoms with Crippen LogP contribution >= 0.6 is 0 Å². The van der Waals surface area contributed by atoms with Crippen molar-refractivity contribution in [3.63, 3.8) is 0 Å². The van der Waals surface area contributed by atoms with Gasteiger partial charge in [-0.2, -0.15) is 13.2 Å². The van der Waals surface area contributed by atoms with Crippen molar-refractivity contribution in [2.45, 2.75) is 6.18 Å². The van der Waals surface area contributed by atoms with E-state index in [0.717, 1.165) is 0 Å². The van der Waals surface area contributed by atoms with Crippen molar-refractivity contribution >= 4 is 5.91 Å². The van der Waals surface area contributed by atoms with Gasteiger partial charge in [-0.25, -0.2) is 0 Å². The molecule has 0 saturated heterocycles. The van der Waals surface area contributed by atoms with Crippen LogP contribution in [0.15, 0.2) is 0 Å². The van der Waals surface area contributed by atoms with Crippen molar-refractivity contribution in [3.8, 4) is 12.8 Å². The first-order valence-electron chi connectivity index (χ1n) is 1.64. The predicted molar refractivity (Wildman–Crippen MR) is 25.1 cm³/mol. The monoisotopic (exact) mass is 139 g/mol. The van der Waals surface area contributed by atoms with E-state index < -0.39 is 12.1 Å². The van der Waals surface area contributed by atoms with Gasteiger partial charge in [-0.3, -0.25) is 4.79 Å². The summed E-state index contributed by atoms with van der Waals surface area (Å²) in [5.74, 6) is -2.26. The minimum Gasteiger partial charge on any atom is -0.362 e. The first-order chi connectivity index (χ1) is 3.94. The highest BCUT2D eigenvalue weighted by Crippen LogP contribution is 2.11. The van der Waals surface area contributed by atoms with Gasteiger partial charge in [0.05, 0.1) is 0 Å². The Morgan fingerprint density at radius 1 is 1.33 bits per heavy atom. The van der Waals surface area contributed by atoms with Crippen LogP contribution in [0, 0.1) is 12.8 Å². The van der Waals surface area contributed by atoms with E-state index in [1.165, 1.54) is 0 Å². The summed E-state index contributed by atoms with van der Waals surface area (Å²) in [5, 5.41) is 0. The highest BCUT2D eigenvalue weighted by atomic mass is 19.4. The second-order valence-corrected chi connectivity index (χ2v) is 0.862. The fraction of sp³-hybridized carbons (Fsp3) is 0.250. The Kier molecular flexibility index (Phi) is 4.51. The van der Waals surface area contributed by atoms with E-state index in [0.29, 0.717) is 0 Å². The topological polar surface area (TPSA) is 43.1 Å². The average Bonchev–Trinajstić information content (AvgIpc) is 1.69. The molecule has 0 aliphatic carbocycles. The van der Waals surface area contributed by atoms with Crippen LogP contribution in [0.3, 0.4) is 0 Å². The summed E-state index contributed by atoms with van der Waals surface area (Å²) in [5.41, 5.74) is 3.81. The standard InChI is InChI=1S/C2H2F3NO.C2H2/c3-2(4,5)1(6)7;1-2/h(H2,6,7);1-2H. The molecule has 0 aromatic rings. The third kappa shape index (κ3) is 6.82.